The molecule has 5 heteroatoms. The van der Waals surface area contributed by atoms with Crippen LogP contribution in [0, 0.1) is 0 Å². The molecule has 24 heavy (non-hydrogen) atoms. The van der Waals surface area contributed by atoms with Crippen LogP contribution in [0.3, 0.4) is 0 Å². The molecule has 1 aromatic carbocycles. The van der Waals surface area contributed by atoms with E-state index in [0.717, 1.165) is 17.6 Å². The summed E-state index contributed by atoms with van der Waals surface area (Å²) in [7, 11) is -1.19. The minimum atomic E-state index is -1.19. The lowest BCUT2D eigenvalue weighted by Gasteiger charge is -2.36. The largest absolute Gasteiger partial charge is 0.335 e. The first-order valence-corrected chi connectivity index (χ1v) is 9.72. The van der Waals surface area contributed by atoms with E-state index in [-0.39, 0.29) is 18.4 Å². The molecule has 3 nitrogen and oxygen atoms in total. The second-order valence-corrected chi connectivity index (χ2v) is 7.50. The summed E-state index contributed by atoms with van der Waals surface area (Å²) >= 11 is 6.25. The highest BCUT2D eigenvalue weighted by atomic mass is 35.5. The number of hydrogen-bond acceptors (Lipinski definition) is 2. The molecule has 2 rings (SSSR count). The molecule has 0 aromatic heterocycles. The molecule has 0 bridgehead atoms. The van der Waals surface area contributed by atoms with Crippen molar-refractivity contribution in [2.24, 2.45) is 0 Å². The van der Waals surface area contributed by atoms with Gasteiger partial charge in [0.1, 0.15) is 0 Å². The van der Waals surface area contributed by atoms with Crippen molar-refractivity contribution in [1.29, 1.82) is 0 Å². The second kappa shape index (κ2) is 7.95. The highest BCUT2D eigenvalue weighted by Gasteiger charge is 2.28. The van der Waals surface area contributed by atoms with Gasteiger partial charge in [0.05, 0.1) is 23.3 Å². The van der Waals surface area contributed by atoms with Crippen LogP contribution >= 0.6 is 11.6 Å². The lowest BCUT2D eigenvalue weighted by atomic mass is 9.93. The van der Waals surface area contributed by atoms with E-state index in [2.05, 4.69) is 13.2 Å². The molecule has 128 valence electrons. The fourth-order valence-corrected chi connectivity index (χ4v) is 4.21. The molecule has 1 amide bonds. The first-order valence-electron chi connectivity index (χ1n) is 7.78. The minimum absolute atomic E-state index is 0.0234. The summed E-state index contributed by atoms with van der Waals surface area (Å²) in [6.07, 6.45) is 6.13. The molecule has 1 aromatic rings. The van der Waals surface area contributed by atoms with E-state index in [1.165, 1.54) is 0 Å². The van der Waals surface area contributed by atoms with Crippen molar-refractivity contribution in [3.8, 4) is 0 Å². The molecule has 1 heterocycles. The maximum absolute atomic E-state index is 12.8. The summed E-state index contributed by atoms with van der Waals surface area (Å²) in [4.78, 5) is 15.3. The van der Waals surface area contributed by atoms with Crippen molar-refractivity contribution >= 4 is 28.3 Å². The predicted octanol–water partition coefficient (Wildman–Crippen LogP) is 3.91. The molecule has 0 saturated heterocycles. The Labute approximate surface area is 151 Å². The molecule has 1 aliphatic heterocycles. The normalized spacial score (nSPS) is 19.1. The van der Waals surface area contributed by atoms with E-state index in [0.29, 0.717) is 22.0 Å². The van der Waals surface area contributed by atoms with Crippen molar-refractivity contribution in [1.82, 2.24) is 4.90 Å². The van der Waals surface area contributed by atoms with Gasteiger partial charge in [-0.05, 0) is 42.2 Å². The Morgan fingerprint density at radius 2 is 2.12 bits per heavy atom. The molecule has 2 unspecified atom stereocenters. The Morgan fingerprint density at radius 1 is 1.42 bits per heavy atom. The highest BCUT2D eigenvalue weighted by Crippen LogP contribution is 2.28. The molecule has 0 fully saturated rings. The van der Waals surface area contributed by atoms with Crippen LogP contribution < -0.4 is 0 Å². The average Bonchev–Trinajstić information content (AvgIpc) is 2.55. The van der Waals surface area contributed by atoms with Crippen molar-refractivity contribution in [3.05, 3.63) is 65.2 Å². The van der Waals surface area contributed by atoms with Gasteiger partial charge in [0.15, 0.2) is 0 Å². The van der Waals surface area contributed by atoms with E-state index >= 15 is 0 Å². The topological polar surface area (TPSA) is 37.4 Å². The van der Waals surface area contributed by atoms with Crippen molar-refractivity contribution in [3.63, 3.8) is 0 Å². The summed E-state index contributed by atoms with van der Waals surface area (Å²) in [6, 6.07) is 5.18. The van der Waals surface area contributed by atoms with Gasteiger partial charge in [0.2, 0.25) is 5.91 Å². The molecule has 0 N–H and O–H groups in total. The van der Waals surface area contributed by atoms with Crippen LogP contribution in [0.15, 0.2) is 59.6 Å². The molecule has 1 aliphatic rings. The van der Waals surface area contributed by atoms with E-state index < -0.39 is 10.8 Å². The van der Waals surface area contributed by atoms with Gasteiger partial charge < -0.3 is 4.90 Å². The highest BCUT2D eigenvalue weighted by molar-refractivity contribution is 7.84. The Balaban J connectivity index is 2.29. The number of carbonyl (C=O) groups is 1. The summed E-state index contributed by atoms with van der Waals surface area (Å²) in [5.41, 5.74) is 2.81. The number of halogens is 1. The van der Waals surface area contributed by atoms with E-state index in [9.17, 15) is 9.00 Å². The van der Waals surface area contributed by atoms with E-state index in [1.807, 2.05) is 17.9 Å². The average molecular weight is 364 g/mol. The lowest BCUT2D eigenvalue weighted by molar-refractivity contribution is -0.132. The number of hydrogen-bond donors (Lipinski definition) is 0. The second-order valence-electron chi connectivity index (χ2n) is 5.75. The van der Waals surface area contributed by atoms with Crippen LogP contribution in [0.4, 0.5) is 0 Å². The van der Waals surface area contributed by atoms with Gasteiger partial charge in [-0.2, -0.15) is 0 Å². The molecular weight excluding hydrogens is 342 g/mol. The Hall–Kier alpha value is -1.65. The van der Waals surface area contributed by atoms with Crippen LogP contribution in [0.2, 0.25) is 5.02 Å². The standard InChI is InChI=1S/C19H22ClNO2S/c1-5-14-10-11-21(13(3)15(14)6-2)19(22)12-16-17(20)8-7-9-18(16)24(4)23/h5-9,13H,1-2,10-12H2,3-4H3. The quantitative estimate of drug-likeness (QED) is 0.795. The zero-order valence-corrected chi connectivity index (χ0v) is 15.6. The Bertz CT molecular complexity index is 739. The summed E-state index contributed by atoms with van der Waals surface area (Å²) < 4.78 is 11.9. The molecule has 0 spiro atoms. The summed E-state index contributed by atoms with van der Waals surface area (Å²) in [5, 5.41) is 0.479. The van der Waals surface area contributed by atoms with Gasteiger partial charge in [-0.25, -0.2) is 0 Å². The third kappa shape index (κ3) is 3.70. The van der Waals surface area contributed by atoms with Crippen LogP contribution in [-0.4, -0.2) is 33.9 Å². The SMILES string of the molecule is C=CC1=C(C=C)C(C)N(C(=O)Cc2c(Cl)cccc2S(C)=O)CC1. The fourth-order valence-electron chi connectivity index (χ4n) is 3.11. The van der Waals surface area contributed by atoms with Crippen molar-refractivity contribution < 1.29 is 9.00 Å². The number of benzene rings is 1. The third-order valence-electron chi connectivity index (χ3n) is 4.41. The van der Waals surface area contributed by atoms with Crippen LogP contribution in [0.5, 0.6) is 0 Å². The Morgan fingerprint density at radius 3 is 2.71 bits per heavy atom. The number of allylic oxidation sites excluding steroid dienone is 1. The van der Waals surface area contributed by atoms with Gasteiger partial charge >= 0.3 is 0 Å². The van der Waals surface area contributed by atoms with Gasteiger partial charge in [0.25, 0.3) is 0 Å². The zero-order chi connectivity index (χ0) is 17.9. The smallest absolute Gasteiger partial charge is 0.227 e. The van der Waals surface area contributed by atoms with Crippen LogP contribution in [0.1, 0.15) is 18.9 Å². The van der Waals surface area contributed by atoms with Gasteiger partial charge in [-0.3, -0.25) is 9.00 Å². The predicted molar refractivity (Wildman–Crippen MR) is 101 cm³/mol. The maximum atomic E-state index is 12.8. The van der Waals surface area contributed by atoms with E-state index in [4.69, 9.17) is 11.6 Å². The third-order valence-corrected chi connectivity index (χ3v) is 5.77. The molecule has 2 atom stereocenters. The Kier molecular flexibility index (Phi) is 6.19. The number of carbonyl (C=O) groups excluding carboxylic acids is 1. The zero-order valence-electron chi connectivity index (χ0n) is 14.0. The molecule has 0 saturated carbocycles. The van der Waals surface area contributed by atoms with Crippen molar-refractivity contribution in [2.45, 2.75) is 30.7 Å². The molecule has 0 radical (unpaired) electrons. The van der Waals surface area contributed by atoms with Gasteiger partial charge in [-0.1, -0.05) is 43.0 Å². The molecule has 0 aliphatic carbocycles. The first kappa shape index (κ1) is 18.7. The number of amides is 1. The number of rotatable bonds is 5. The van der Waals surface area contributed by atoms with Gasteiger partial charge in [-0.15, -0.1) is 0 Å². The minimum Gasteiger partial charge on any atom is -0.335 e. The monoisotopic (exact) mass is 363 g/mol. The van der Waals surface area contributed by atoms with Crippen LogP contribution in [0.25, 0.3) is 0 Å². The van der Waals surface area contributed by atoms with Crippen molar-refractivity contribution in [2.75, 3.05) is 12.8 Å². The lowest BCUT2D eigenvalue weighted by Crippen LogP contribution is -2.44. The summed E-state index contributed by atoms with van der Waals surface area (Å²) in [6.45, 7) is 10.3. The fraction of sp³-hybridized carbons (Fsp3) is 0.316. The van der Waals surface area contributed by atoms with Crippen LogP contribution in [-0.2, 0) is 22.0 Å². The first-order chi connectivity index (χ1) is 11.4. The molecular formula is C19H22ClNO2S. The summed E-state index contributed by atoms with van der Waals surface area (Å²) in [5.74, 6) is -0.0234. The van der Waals surface area contributed by atoms with Gasteiger partial charge in [0, 0.05) is 22.7 Å². The van der Waals surface area contributed by atoms with E-state index in [1.54, 1.807) is 30.5 Å². The maximum Gasteiger partial charge on any atom is 0.227 e. The number of nitrogens with zero attached hydrogens (tertiary/aromatic N) is 1.